The number of hydrogen-bond acceptors (Lipinski definition) is 5. The Balaban J connectivity index is 2.02. The third-order valence-electron chi connectivity index (χ3n) is 3.42. The van der Waals surface area contributed by atoms with Crippen LogP contribution in [0.15, 0.2) is 36.4 Å². The lowest BCUT2D eigenvalue weighted by Gasteiger charge is -2.12. The quantitative estimate of drug-likeness (QED) is 0.813. The highest BCUT2D eigenvalue weighted by molar-refractivity contribution is 5.98. The van der Waals surface area contributed by atoms with Crippen LogP contribution in [-0.4, -0.2) is 32.7 Å². The van der Waals surface area contributed by atoms with Crippen LogP contribution in [0.1, 0.15) is 15.9 Å². The molecule has 0 bridgehead atoms. The molecule has 0 fully saturated rings. The molecule has 0 atom stereocenters. The third-order valence-corrected chi connectivity index (χ3v) is 3.42. The first-order valence-corrected chi connectivity index (χ1v) is 7.40. The molecule has 1 N–H and O–H groups in total. The summed E-state index contributed by atoms with van der Waals surface area (Å²) in [5.41, 5.74) is 0.827. The highest BCUT2D eigenvalue weighted by Crippen LogP contribution is 2.28. The van der Waals surface area contributed by atoms with E-state index in [0.29, 0.717) is 5.56 Å². The van der Waals surface area contributed by atoms with Gasteiger partial charge in [-0.2, -0.15) is 0 Å². The number of hydrogen-bond donors (Lipinski definition) is 1. The number of anilines is 1. The second-order valence-electron chi connectivity index (χ2n) is 5.13. The fraction of sp³-hybridized carbons (Fsp3) is 0.222. The van der Waals surface area contributed by atoms with Crippen molar-refractivity contribution in [1.82, 2.24) is 0 Å². The van der Waals surface area contributed by atoms with Crippen molar-refractivity contribution in [3.8, 4) is 11.5 Å². The number of benzene rings is 2. The van der Waals surface area contributed by atoms with Crippen LogP contribution in [0.25, 0.3) is 0 Å². The Morgan fingerprint density at radius 1 is 1.08 bits per heavy atom. The van der Waals surface area contributed by atoms with E-state index in [1.165, 1.54) is 26.4 Å². The third kappa shape index (κ3) is 4.47. The zero-order chi connectivity index (χ0) is 18.4. The molecule has 0 radical (unpaired) electrons. The number of rotatable bonds is 6. The minimum absolute atomic E-state index is 0.0849. The van der Waals surface area contributed by atoms with Gasteiger partial charge in [0.25, 0.3) is 5.91 Å². The lowest BCUT2D eigenvalue weighted by molar-refractivity contribution is -0.119. The molecular formula is C18H18FNO5. The molecule has 7 heteroatoms. The average Bonchev–Trinajstić information content (AvgIpc) is 2.62. The van der Waals surface area contributed by atoms with Gasteiger partial charge in [-0.3, -0.25) is 4.79 Å². The Morgan fingerprint density at radius 2 is 1.72 bits per heavy atom. The Morgan fingerprint density at radius 3 is 2.28 bits per heavy atom. The monoisotopic (exact) mass is 347 g/mol. The number of carbonyl (C=O) groups is 2. The van der Waals surface area contributed by atoms with Gasteiger partial charge in [-0.1, -0.05) is 12.1 Å². The van der Waals surface area contributed by atoms with Gasteiger partial charge in [-0.05, 0) is 36.8 Å². The summed E-state index contributed by atoms with van der Waals surface area (Å²) in [5.74, 6) is -1.26. The Bertz CT molecular complexity index is 769. The van der Waals surface area contributed by atoms with Gasteiger partial charge < -0.3 is 19.5 Å². The van der Waals surface area contributed by atoms with Crippen LogP contribution in [0.3, 0.4) is 0 Å². The largest absolute Gasteiger partial charge is 0.496 e. The maximum atomic E-state index is 13.5. The van der Waals surface area contributed by atoms with Crippen LogP contribution >= 0.6 is 0 Å². The van der Waals surface area contributed by atoms with Crippen molar-refractivity contribution >= 4 is 17.6 Å². The van der Waals surface area contributed by atoms with Crippen molar-refractivity contribution in [3.63, 3.8) is 0 Å². The summed E-state index contributed by atoms with van der Waals surface area (Å²) in [6, 6.07) is 9.10. The van der Waals surface area contributed by atoms with Gasteiger partial charge in [0.05, 0.1) is 14.2 Å². The van der Waals surface area contributed by atoms with Gasteiger partial charge in [0.1, 0.15) is 22.9 Å². The summed E-state index contributed by atoms with van der Waals surface area (Å²) in [7, 11) is 2.81. The molecule has 2 rings (SSSR count). The molecule has 0 saturated heterocycles. The Hall–Kier alpha value is -3.09. The molecule has 0 saturated carbocycles. The molecule has 0 spiro atoms. The molecule has 0 aliphatic rings. The molecule has 0 aromatic heterocycles. The van der Waals surface area contributed by atoms with Crippen LogP contribution in [0.4, 0.5) is 10.1 Å². The van der Waals surface area contributed by atoms with E-state index in [1.54, 1.807) is 31.2 Å². The molecule has 0 heterocycles. The fourth-order valence-electron chi connectivity index (χ4n) is 2.12. The maximum absolute atomic E-state index is 13.5. The molecular weight excluding hydrogens is 329 g/mol. The maximum Gasteiger partial charge on any atom is 0.346 e. The van der Waals surface area contributed by atoms with Gasteiger partial charge in [-0.25, -0.2) is 9.18 Å². The Kier molecular flexibility index (Phi) is 5.94. The summed E-state index contributed by atoms with van der Waals surface area (Å²) < 4.78 is 28.7. The summed E-state index contributed by atoms with van der Waals surface area (Å²) in [5, 5.41) is 2.46. The number of amides is 1. The van der Waals surface area contributed by atoms with Crippen molar-refractivity contribution in [1.29, 1.82) is 0 Å². The van der Waals surface area contributed by atoms with Crippen LogP contribution < -0.4 is 14.8 Å². The molecule has 0 aliphatic carbocycles. The highest BCUT2D eigenvalue weighted by Gasteiger charge is 2.20. The first-order valence-electron chi connectivity index (χ1n) is 7.40. The molecule has 1 amide bonds. The lowest BCUT2D eigenvalue weighted by atomic mass is 10.2. The van der Waals surface area contributed by atoms with E-state index in [9.17, 15) is 14.0 Å². The molecule has 0 unspecified atom stereocenters. The van der Waals surface area contributed by atoms with Gasteiger partial charge in [-0.15, -0.1) is 0 Å². The highest BCUT2D eigenvalue weighted by atomic mass is 19.1. The van der Waals surface area contributed by atoms with Crippen LogP contribution in [-0.2, 0) is 9.53 Å². The fourth-order valence-corrected chi connectivity index (χ4v) is 2.12. The van der Waals surface area contributed by atoms with E-state index in [0.717, 1.165) is 0 Å². The van der Waals surface area contributed by atoms with Gasteiger partial charge in [0.15, 0.2) is 6.61 Å². The molecule has 132 valence electrons. The molecule has 2 aromatic rings. The van der Waals surface area contributed by atoms with E-state index < -0.39 is 24.3 Å². The molecule has 0 aliphatic heterocycles. The van der Waals surface area contributed by atoms with Crippen molar-refractivity contribution in [2.75, 3.05) is 26.1 Å². The lowest BCUT2D eigenvalue weighted by Crippen LogP contribution is -2.21. The summed E-state index contributed by atoms with van der Waals surface area (Å²) >= 11 is 0. The first-order chi connectivity index (χ1) is 12.0. The van der Waals surface area contributed by atoms with Crippen LogP contribution in [0.2, 0.25) is 0 Å². The molecule has 25 heavy (non-hydrogen) atoms. The number of aryl methyl sites for hydroxylation is 1. The van der Waals surface area contributed by atoms with Crippen molar-refractivity contribution in [2.45, 2.75) is 6.92 Å². The standard InChI is InChI=1S/C18H18FNO5/c1-11-7-8-12(9-13(11)19)20-16(21)10-25-18(22)17-14(23-2)5-4-6-15(17)24-3/h4-9H,10H2,1-3H3,(H,20,21). The number of ether oxygens (including phenoxy) is 3. The zero-order valence-corrected chi connectivity index (χ0v) is 14.1. The number of esters is 1. The average molecular weight is 347 g/mol. The molecule has 2 aromatic carbocycles. The summed E-state index contributed by atoms with van der Waals surface area (Å²) in [4.78, 5) is 24.1. The van der Waals surface area contributed by atoms with Gasteiger partial charge in [0.2, 0.25) is 0 Å². The van der Waals surface area contributed by atoms with Crippen molar-refractivity contribution < 1.29 is 28.2 Å². The molecule has 6 nitrogen and oxygen atoms in total. The van der Waals surface area contributed by atoms with E-state index in [-0.39, 0.29) is 22.7 Å². The second-order valence-corrected chi connectivity index (χ2v) is 5.13. The SMILES string of the molecule is COc1cccc(OC)c1C(=O)OCC(=O)Nc1ccc(C)c(F)c1. The van der Waals surface area contributed by atoms with E-state index in [4.69, 9.17) is 14.2 Å². The van der Waals surface area contributed by atoms with E-state index >= 15 is 0 Å². The van der Waals surface area contributed by atoms with Crippen molar-refractivity contribution in [2.24, 2.45) is 0 Å². The van der Waals surface area contributed by atoms with E-state index in [1.807, 2.05) is 0 Å². The second kappa shape index (κ2) is 8.14. The number of halogens is 1. The van der Waals surface area contributed by atoms with Gasteiger partial charge in [0, 0.05) is 5.69 Å². The first kappa shape index (κ1) is 18.3. The predicted molar refractivity (Wildman–Crippen MR) is 89.6 cm³/mol. The minimum Gasteiger partial charge on any atom is -0.496 e. The smallest absolute Gasteiger partial charge is 0.346 e. The van der Waals surface area contributed by atoms with Crippen LogP contribution in [0.5, 0.6) is 11.5 Å². The number of methoxy groups -OCH3 is 2. The van der Waals surface area contributed by atoms with Crippen molar-refractivity contribution in [3.05, 3.63) is 53.3 Å². The normalized spacial score (nSPS) is 10.1. The van der Waals surface area contributed by atoms with E-state index in [2.05, 4.69) is 5.32 Å². The summed E-state index contributed by atoms with van der Waals surface area (Å²) in [6.45, 7) is 1.08. The Labute approximate surface area is 144 Å². The van der Waals surface area contributed by atoms with Gasteiger partial charge >= 0.3 is 5.97 Å². The topological polar surface area (TPSA) is 73.9 Å². The zero-order valence-electron chi connectivity index (χ0n) is 14.1. The number of carbonyl (C=O) groups excluding carboxylic acids is 2. The minimum atomic E-state index is -0.764. The predicted octanol–water partition coefficient (Wildman–Crippen LogP) is 2.95. The summed E-state index contributed by atoms with van der Waals surface area (Å²) in [6.07, 6.45) is 0. The van der Waals surface area contributed by atoms with Crippen LogP contribution in [0, 0.1) is 12.7 Å². The number of nitrogens with one attached hydrogen (secondary N) is 1.